The lowest BCUT2D eigenvalue weighted by molar-refractivity contribution is 0.871. The molecular formula is C11H11BrClN3. The van der Waals surface area contributed by atoms with E-state index >= 15 is 0 Å². The van der Waals surface area contributed by atoms with Gasteiger partial charge in [0.25, 0.3) is 0 Å². The maximum absolute atomic E-state index is 6.07. The molecule has 0 aliphatic rings. The van der Waals surface area contributed by atoms with Gasteiger partial charge in [0.2, 0.25) is 0 Å². The predicted octanol–water partition coefficient (Wildman–Crippen LogP) is 3.49. The largest absolute Gasteiger partial charge is 0.383 e. The number of nitrogens with zero attached hydrogens (tertiary/aromatic N) is 2. The van der Waals surface area contributed by atoms with Gasteiger partial charge in [0, 0.05) is 5.02 Å². The molecule has 1 aromatic carbocycles. The monoisotopic (exact) mass is 299 g/mol. The molecule has 1 aromatic heterocycles. The number of halogens is 2. The van der Waals surface area contributed by atoms with Gasteiger partial charge in [0.05, 0.1) is 15.9 Å². The Morgan fingerprint density at radius 1 is 1.38 bits per heavy atom. The first-order chi connectivity index (χ1) is 7.50. The summed E-state index contributed by atoms with van der Waals surface area (Å²) in [5.41, 5.74) is 8.69. The van der Waals surface area contributed by atoms with Crippen molar-refractivity contribution in [2.24, 2.45) is 0 Å². The highest BCUT2D eigenvalue weighted by Crippen LogP contribution is 2.27. The zero-order chi connectivity index (χ0) is 11.9. The molecule has 16 heavy (non-hydrogen) atoms. The van der Waals surface area contributed by atoms with Gasteiger partial charge in [0.15, 0.2) is 0 Å². The van der Waals surface area contributed by atoms with Gasteiger partial charge < -0.3 is 5.73 Å². The number of hydrogen-bond acceptors (Lipinski definition) is 2. The van der Waals surface area contributed by atoms with Crippen LogP contribution >= 0.6 is 27.5 Å². The summed E-state index contributed by atoms with van der Waals surface area (Å²) in [5, 5.41) is 5.05. The van der Waals surface area contributed by atoms with E-state index in [0.717, 1.165) is 21.4 Å². The first-order valence-corrected chi connectivity index (χ1v) is 5.95. The van der Waals surface area contributed by atoms with Crippen LogP contribution in [0.15, 0.2) is 22.7 Å². The smallest absolute Gasteiger partial charge is 0.141 e. The zero-order valence-electron chi connectivity index (χ0n) is 8.96. The molecule has 84 valence electrons. The van der Waals surface area contributed by atoms with Crippen molar-refractivity contribution in [2.45, 2.75) is 13.8 Å². The molecule has 0 aliphatic carbocycles. The third kappa shape index (κ3) is 1.83. The van der Waals surface area contributed by atoms with Crippen LogP contribution in [0.2, 0.25) is 5.02 Å². The van der Waals surface area contributed by atoms with Crippen molar-refractivity contribution in [2.75, 3.05) is 5.73 Å². The Labute approximate surface area is 107 Å². The van der Waals surface area contributed by atoms with E-state index in [1.807, 2.05) is 32.0 Å². The van der Waals surface area contributed by atoms with Gasteiger partial charge in [-0.2, -0.15) is 5.10 Å². The van der Waals surface area contributed by atoms with E-state index in [1.165, 1.54) is 0 Å². The number of benzene rings is 1. The van der Waals surface area contributed by atoms with E-state index in [0.29, 0.717) is 10.8 Å². The number of hydrogen-bond donors (Lipinski definition) is 1. The lowest BCUT2D eigenvalue weighted by atomic mass is 10.2. The number of anilines is 1. The zero-order valence-corrected chi connectivity index (χ0v) is 11.3. The van der Waals surface area contributed by atoms with Crippen LogP contribution in [0.1, 0.15) is 11.3 Å². The fraction of sp³-hybridized carbons (Fsp3) is 0.182. The first kappa shape index (κ1) is 11.5. The standard InChI is InChI=1S/C11H11BrClN3/c1-6-3-4-8(5-9(6)13)16-11(14)10(12)7(2)15-16/h3-5H,14H2,1-2H3. The van der Waals surface area contributed by atoms with E-state index < -0.39 is 0 Å². The molecule has 0 saturated heterocycles. The SMILES string of the molecule is Cc1ccc(-n2nc(C)c(Br)c2N)cc1Cl. The van der Waals surface area contributed by atoms with E-state index in [4.69, 9.17) is 17.3 Å². The molecule has 2 N–H and O–H groups in total. The van der Waals surface area contributed by atoms with Crippen LogP contribution in [0.4, 0.5) is 5.82 Å². The molecule has 2 rings (SSSR count). The second-order valence-electron chi connectivity index (χ2n) is 3.63. The van der Waals surface area contributed by atoms with E-state index in [1.54, 1.807) is 4.68 Å². The number of aryl methyl sites for hydroxylation is 2. The molecule has 0 atom stereocenters. The van der Waals surface area contributed by atoms with Gasteiger partial charge in [0.1, 0.15) is 5.82 Å². The topological polar surface area (TPSA) is 43.8 Å². The molecule has 2 aromatic rings. The summed E-state index contributed by atoms with van der Waals surface area (Å²) < 4.78 is 2.49. The molecule has 1 heterocycles. The Morgan fingerprint density at radius 2 is 2.06 bits per heavy atom. The quantitative estimate of drug-likeness (QED) is 0.876. The summed E-state index contributed by atoms with van der Waals surface area (Å²) in [6.07, 6.45) is 0. The fourth-order valence-electron chi connectivity index (χ4n) is 1.44. The van der Waals surface area contributed by atoms with Crippen molar-refractivity contribution in [3.05, 3.63) is 39.0 Å². The summed E-state index contributed by atoms with van der Waals surface area (Å²) in [4.78, 5) is 0. The average Bonchev–Trinajstić information content (AvgIpc) is 2.50. The summed E-state index contributed by atoms with van der Waals surface area (Å²) >= 11 is 9.46. The second kappa shape index (κ2) is 4.11. The summed E-state index contributed by atoms with van der Waals surface area (Å²) in [6, 6.07) is 5.74. The van der Waals surface area contributed by atoms with Crippen LogP contribution < -0.4 is 5.73 Å². The lowest BCUT2D eigenvalue weighted by Gasteiger charge is -2.05. The molecule has 5 heteroatoms. The molecule has 0 saturated carbocycles. The van der Waals surface area contributed by atoms with E-state index in [2.05, 4.69) is 21.0 Å². The second-order valence-corrected chi connectivity index (χ2v) is 4.83. The van der Waals surface area contributed by atoms with Crippen LogP contribution in [0.5, 0.6) is 0 Å². The Balaban J connectivity index is 2.59. The first-order valence-electron chi connectivity index (χ1n) is 4.78. The minimum absolute atomic E-state index is 0.581. The fourth-order valence-corrected chi connectivity index (χ4v) is 1.86. The highest BCUT2D eigenvalue weighted by molar-refractivity contribution is 9.10. The minimum Gasteiger partial charge on any atom is -0.383 e. The molecule has 0 spiro atoms. The van der Waals surface area contributed by atoms with Crippen molar-refractivity contribution in [3.8, 4) is 5.69 Å². The Hall–Kier alpha value is -1.000. The van der Waals surface area contributed by atoms with Gasteiger partial charge in [-0.1, -0.05) is 17.7 Å². The van der Waals surface area contributed by atoms with Crippen molar-refractivity contribution < 1.29 is 0 Å². The normalized spacial score (nSPS) is 10.8. The van der Waals surface area contributed by atoms with Crippen molar-refractivity contribution in [1.29, 1.82) is 0 Å². The van der Waals surface area contributed by atoms with Crippen LogP contribution in [0, 0.1) is 13.8 Å². The molecule has 0 unspecified atom stereocenters. The Morgan fingerprint density at radius 3 is 2.56 bits per heavy atom. The molecule has 0 bridgehead atoms. The van der Waals surface area contributed by atoms with Gasteiger partial charge in [-0.15, -0.1) is 0 Å². The van der Waals surface area contributed by atoms with Crippen LogP contribution in [0.25, 0.3) is 5.69 Å². The number of aromatic nitrogens is 2. The molecular weight excluding hydrogens is 289 g/mol. The van der Waals surface area contributed by atoms with Gasteiger partial charge in [-0.05, 0) is 47.5 Å². The minimum atomic E-state index is 0.581. The molecule has 0 fully saturated rings. The van der Waals surface area contributed by atoms with E-state index in [-0.39, 0.29) is 0 Å². The number of nitrogens with two attached hydrogens (primary N) is 1. The summed E-state index contributed by atoms with van der Waals surface area (Å²) in [7, 11) is 0. The molecule has 0 aliphatic heterocycles. The van der Waals surface area contributed by atoms with Crippen LogP contribution in [0.3, 0.4) is 0 Å². The van der Waals surface area contributed by atoms with Gasteiger partial charge in [-0.3, -0.25) is 0 Å². The molecule has 0 radical (unpaired) electrons. The Kier molecular flexibility index (Phi) is 2.95. The van der Waals surface area contributed by atoms with Crippen molar-refractivity contribution >= 4 is 33.3 Å². The summed E-state index contributed by atoms with van der Waals surface area (Å²) in [5.74, 6) is 0.581. The third-order valence-electron chi connectivity index (χ3n) is 2.42. The summed E-state index contributed by atoms with van der Waals surface area (Å²) in [6.45, 7) is 3.85. The van der Waals surface area contributed by atoms with Gasteiger partial charge >= 0.3 is 0 Å². The van der Waals surface area contributed by atoms with Crippen molar-refractivity contribution in [3.63, 3.8) is 0 Å². The molecule has 0 amide bonds. The lowest BCUT2D eigenvalue weighted by Crippen LogP contribution is -2.02. The maximum atomic E-state index is 6.07. The number of nitrogen functional groups attached to an aromatic ring is 1. The highest BCUT2D eigenvalue weighted by atomic mass is 79.9. The van der Waals surface area contributed by atoms with Crippen molar-refractivity contribution in [1.82, 2.24) is 9.78 Å². The van der Waals surface area contributed by atoms with Crippen LogP contribution in [-0.2, 0) is 0 Å². The van der Waals surface area contributed by atoms with Gasteiger partial charge in [-0.25, -0.2) is 4.68 Å². The molecule has 3 nitrogen and oxygen atoms in total. The van der Waals surface area contributed by atoms with E-state index in [9.17, 15) is 0 Å². The third-order valence-corrected chi connectivity index (χ3v) is 3.81. The maximum Gasteiger partial charge on any atom is 0.141 e. The average molecular weight is 301 g/mol. The highest BCUT2D eigenvalue weighted by Gasteiger charge is 2.11. The Bertz CT molecular complexity index is 548. The number of rotatable bonds is 1. The van der Waals surface area contributed by atoms with Crippen LogP contribution in [-0.4, -0.2) is 9.78 Å². The predicted molar refractivity (Wildman–Crippen MR) is 70.2 cm³/mol.